The zero-order chi connectivity index (χ0) is 11.7. The van der Waals surface area contributed by atoms with Crippen LogP contribution in [0.1, 0.15) is 12.8 Å². The summed E-state index contributed by atoms with van der Waals surface area (Å²) in [7, 11) is 0. The third kappa shape index (κ3) is 2.60. The molecule has 0 aromatic carbocycles. The van der Waals surface area contributed by atoms with Gasteiger partial charge in [0.05, 0.1) is 0 Å². The summed E-state index contributed by atoms with van der Waals surface area (Å²) < 4.78 is 0. The Labute approximate surface area is 108 Å². The van der Waals surface area contributed by atoms with E-state index in [1.165, 1.54) is 44.6 Å². The quantitative estimate of drug-likeness (QED) is 0.490. The van der Waals surface area contributed by atoms with Crippen molar-refractivity contribution in [3.05, 3.63) is 11.8 Å². The van der Waals surface area contributed by atoms with Gasteiger partial charge in [0, 0.05) is 32.4 Å². The number of halogens is 1. The van der Waals surface area contributed by atoms with Crippen molar-refractivity contribution >= 4 is 11.6 Å². The van der Waals surface area contributed by atoms with Gasteiger partial charge in [0.1, 0.15) is 0 Å². The van der Waals surface area contributed by atoms with Crippen molar-refractivity contribution in [1.29, 1.82) is 0 Å². The molecule has 3 rings (SSSR count). The van der Waals surface area contributed by atoms with Gasteiger partial charge in [-0.1, -0.05) is 11.6 Å². The van der Waals surface area contributed by atoms with E-state index in [1.54, 1.807) is 0 Å². The Hall–Kier alpha value is -0.290. The summed E-state index contributed by atoms with van der Waals surface area (Å²) in [6, 6.07) is 0. The molecular weight excluding hydrogens is 236 g/mol. The van der Waals surface area contributed by atoms with Gasteiger partial charge in [-0.3, -0.25) is 10.2 Å². The first-order chi connectivity index (χ1) is 8.26. The topological polar surface area (TPSA) is 39.3 Å². The van der Waals surface area contributed by atoms with Gasteiger partial charge in [-0.25, -0.2) is 0 Å². The minimum atomic E-state index is -0.107. The molecule has 0 bridgehead atoms. The second-order valence-electron chi connectivity index (χ2n) is 5.59. The molecular formula is C12H21ClN4. The van der Waals surface area contributed by atoms with E-state index in [0.29, 0.717) is 5.41 Å². The molecule has 0 aromatic rings. The highest BCUT2D eigenvalue weighted by molar-refractivity contribution is 6.20. The van der Waals surface area contributed by atoms with E-state index in [4.69, 9.17) is 11.6 Å². The summed E-state index contributed by atoms with van der Waals surface area (Å²) in [5, 5.41) is 9.73. The van der Waals surface area contributed by atoms with Crippen LogP contribution in [0.15, 0.2) is 11.8 Å². The summed E-state index contributed by atoms with van der Waals surface area (Å²) in [5.74, 6) is 0. The number of likely N-dealkylation sites (tertiary alicyclic amines) is 1. The predicted molar refractivity (Wildman–Crippen MR) is 69.8 cm³/mol. The smallest absolute Gasteiger partial charge is 0.155 e. The van der Waals surface area contributed by atoms with E-state index < -0.39 is 0 Å². The largest absolute Gasteiger partial charge is 0.363 e. The average Bonchev–Trinajstić information content (AvgIpc) is 2.31. The molecule has 96 valence electrons. The third-order valence-corrected chi connectivity index (χ3v) is 4.57. The maximum Gasteiger partial charge on any atom is 0.155 e. The molecule has 3 aliphatic heterocycles. The third-order valence-electron chi connectivity index (χ3n) is 4.29. The first kappa shape index (κ1) is 11.8. The molecule has 3 N–H and O–H groups in total. The lowest BCUT2D eigenvalue weighted by Gasteiger charge is -2.48. The Morgan fingerprint density at radius 2 is 2.12 bits per heavy atom. The van der Waals surface area contributed by atoms with Gasteiger partial charge in [0.25, 0.3) is 0 Å². The van der Waals surface area contributed by atoms with Crippen molar-refractivity contribution in [3.8, 4) is 0 Å². The highest BCUT2D eigenvalue weighted by Gasteiger charge is 2.39. The number of alkyl halides is 1. The van der Waals surface area contributed by atoms with Gasteiger partial charge < -0.3 is 10.6 Å². The molecule has 4 nitrogen and oxygen atoms in total. The minimum absolute atomic E-state index is 0.107. The standard InChI is InChI=1S/C12H21ClN4/c13-11-15-5-10(6-16-11)7-17-3-1-12(2-4-17)8-14-9-12/h5,11,14-16H,1-4,6-9H2. The van der Waals surface area contributed by atoms with Crippen molar-refractivity contribution < 1.29 is 0 Å². The fraction of sp³-hybridized carbons (Fsp3) is 0.833. The van der Waals surface area contributed by atoms with Crippen molar-refractivity contribution in [2.45, 2.75) is 18.5 Å². The van der Waals surface area contributed by atoms with Crippen LogP contribution in [0.2, 0.25) is 0 Å². The first-order valence-corrected chi connectivity index (χ1v) is 6.94. The van der Waals surface area contributed by atoms with Gasteiger partial charge in [-0.15, -0.1) is 0 Å². The number of hydrogen-bond acceptors (Lipinski definition) is 4. The molecule has 3 aliphatic rings. The number of hydrogen-bond donors (Lipinski definition) is 3. The van der Waals surface area contributed by atoms with Gasteiger partial charge >= 0.3 is 0 Å². The van der Waals surface area contributed by atoms with E-state index >= 15 is 0 Å². The highest BCUT2D eigenvalue weighted by Crippen LogP contribution is 2.34. The number of nitrogens with one attached hydrogen (secondary N) is 3. The Balaban J connectivity index is 1.47. The van der Waals surface area contributed by atoms with Gasteiger partial charge in [0.2, 0.25) is 0 Å². The molecule has 1 atom stereocenters. The van der Waals surface area contributed by atoms with Crippen LogP contribution in [-0.4, -0.2) is 49.8 Å². The van der Waals surface area contributed by atoms with Crippen molar-refractivity contribution in [2.75, 3.05) is 39.3 Å². The van der Waals surface area contributed by atoms with Crippen LogP contribution in [0.25, 0.3) is 0 Å². The Morgan fingerprint density at radius 1 is 1.35 bits per heavy atom. The lowest BCUT2D eigenvalue weighted by Crippen LogP contribution is -2.58. The molecule has 5 heteroatoms. The van der Waals surface area contributed by atoms with Crippen LogP contribution in [0.4, 0.5) is 0 Å². The molecule has 0 amide bonds. The van der Waals surface area contributed by atoms with Crippen LogP contribution < -0.4 is 16.0 Å². The lowest BCUT2D eigenvalue weighted by molar-refractivity contribution is 0.0592. The molecule has 2 fully saturated rings. The normalized spacial score (nSPS) is 32.8. The van der Waals surface area contributed by atoms with E-state index in [1.807, 2.05) is 0 Å². The molecule has 2 saturated heterocycles. The number of nitrogens with zero attached hydrogens (tertiary/aromatic N) is 1. The molecule has 17 heavy (non-hydrogen) atoms. The Bertz CT molecular complexity index is 304. The van der Waals surface area contributed by atoms with E-state index in [0.717, 1.165) is 13.1 Å². The highest BCUT2D eigenvalue weighted by atomic mass is 35.5. The van der Waals surface area contributed by atoms with E-state index in [9.17, 15) is 0 Å². The predicted octanol–water partition coefficient (Wildman–Crippen LogP) is 0.271. The molecule has 0 radical (unpaired) electrons. The van der Waals surface area contributed by atoms with E-state index in [2.05, 4.69) is 27.1 Å². The Kier molecular flexibility index (Phi) is 3.30. The first-order valence-electron chi connectivity index (χ1n) is 6.50. The summed E-state index contributed by atoms with van der Waals surface area (Å²) in [6.45, 7) is 6.94. The Morgan fingerprint density at radius 3 is 2.65 bits per heavy atom. The summed E-state index contributed by atoms with van der Waals surface area (Å²) >= 11 is 5.90. The molecule has 0 aromatic heterocycles. The van der Waals surface area contributed by atoms with Crippen LogP contribution in [-0.2, 0) is 0 Å². The van der Waals surface area contributed by atoms with Crippen LogP contribution in [0.5, 0.6) is 0 Å². The second kappa shape index (κ2) is 4.76. The zero-order valence-corrected chi connectivity index (χ0v) is 10.9. The fourth-order valence-corrected chi connectivity index (χ4v) is 3.07. The molecule has 0 saturated carbocycles. The lowest BCUT2D eigenvalue weighted by atomic mass is 9.73. The summed E-state index contributed by atoms with van der Waals surface area (Å²) in [4.78, 5) is 2.56. The number of rotatable bonds is 2. The molecule has 3 heterocycles. The number of piperidine rings is 1. The van der Waals surface area contributed by atoms with Gasteiger partial charge in [-0.05, 0) is 36.9 Å². The van der Waals surface area contributed by atoms with Crippen LogP contribution in [0, 0.1) is 5.41 Å². The second-order valence-corrected chi connectivity index (χ2v) is 6.03. The van der Waals surface area contributed by atoms with Gasteiger partial charge in [-0.2, -0.15) is 0 Å². The fourth-order valence-electron chi connectivity index (χ4n) is 2.93. The zero-order valence-electron chi connectivity index (χ0n) is 10.1. The van der Waals surface area contributed by atoms with Crippen molar-refractivity contribution in [3.63, 3.8) is 0 Å². The van der Waals surface area contributed by atoms with Crippen molar-refractivity contribution in [2.24, 2.45) is 5.41 Å². The maximum atomic E-state index is 5.90. The molecule has 0 aliphatic carbocycles. The SMILES string of the molecule is ClC1NC=C(CN2CCC3(CC2)CNC3)CN1. The van der Waals surface area contributed by atoms with Crippen LogP contribution >= 0.6 is 11.6 Å². The molecule has 1 unspecified atom stereocenters. The summed E-state index contributed by atoms with van der Waals surface area (Å²) in [5.41, 5.74) is 1.95. The maximum absolute atomic E-state index is 5.90. The van der Waals surface area contributed by atoms with Crippen LogP contribution in [0.3, 0.4) is 0 Å². The summed E-state index contributed by atoms with van der Waals surface area (Å²) in [6.07, 6.45) is 4.78. The van der Waals surface area contributed by atoms with E-state index in [-0.39, 0.29) is 5.62 Å². The minimum Gasteiger partial charge on any atom is -0.363 e. The van der Waals surface area contributed by atoms with Crippen molar-refractivity contribution in [1.82, 2.24) is 20.9 Å². The molecule has 1 spiro atoms. The average molecular weight is 257 g/mol. The van der Waals surface area contributed by atoms with Gasteiger partial charge in [0.15, 0.2) is 5.62 Å². The monoisotopic (exact) mass is 256 g/mol.